The van der Waals surface area contributed by atoms with Crippen LogP contribution in [-0.4, -0.2) is 13.0 Å². The summed E-state index contributed by atoms with van der Waals surface area (Å²) in [6.45, 7) is 0. The molecule has 0 saturated carbocycles. The summed E-state index contributed by atoms with van der Waals surface area (Å²) in [7, 11) is 1.61. The number of carbonyl (C=O) groups excluding carboxylic acids is 1. The molecule has 2 nitrogen and oxygen atoms in total. The van der Waals surface area contributed by atoms with Gasteiger partial charge in [-0.2, -0.15) is 0 Å². The lowest BCUT2D eigenvalue weighted by Crippen LogP contribution is -2.17. The summed E-state index contributed by atoms with van der Waals surface area (Å²) in [4.78, 5) is 11.5. The SMILES string of the molecule is CNC(=O)c1cccc(Cc2ccc(F)cc2)c1. The van der Waals surface area contributed by atoms with Crippen molar-refractivity contribution in [2.75, 3.05) is 7.05 Å². The van der Waals surface area contributed by atoms with Gasteiger partial charge < -0.3 is 5.32 Å². The van der Waals surface area contributed by atoms with Gasteiger partial charge in [0, 0.05) is 12.6 Å². The minimum absolute atomic E-state index is 0.101. The van der Waals surface area contributed by atoms with Crippen molar-refractivity contribution >= 4 is 5.91 Å². The van der Waals surface area contributed by atoms with Gasteiger partial charge in [-0.3, -0.25) is 4.79 Å². The second kappa shape index (κ2) is 5.45. The van der Waals surface area contributed by atoms with Gasteiger partial charge in [0.1, 0.15) is 5.82 Å². The van der Waals surface area contributed by atoms with Gasteiger partial charge in [0.2, 0.25) is 0 Å². The molecule has 0 bridgehead atoms. The van der Waals surface area contributed by atoms with E-state index in [1.165, 1.54) is 12.1 Å². The molecule has 18 heavy (non-hydrogen) atoms. The van der Waals surface area contributed by atoms with Gasteiger partial charge in [-0.25, -0.2) is 4.39 Å². The third-order valence-electron chi connectivity index (χ3n) is 2.74. The fourth-order valence-corrected chi connectivity index (χ4v) is 1.80. The summed E-state index contributed by atoms with van der Waals surface area (Å²) < 4.78 is 12.8. The highest BCUT2D eigenvalue weighted by Gasteiger charge is 2.04. The lowest BCUT2D eigenvalue weighted by Gasteiger charge is -2.05. The van der Waals surface area contributed by atoms with Gasteiger partial charge in [-0.1, -0.05) is 24.3 Å². The topological polar surface area (TPSA) is 29.1 Å². The largest absolute Gasteiger partial charge is 0.355 e. The third-order valence-corrected chi connectivity index (χ3v) is 2.74. The molecule has 1 amide bonds. The predicted octanol–water partition coefficient (Wildman–Crippen LogP) is 2.78. The van der Waals surface area contributed by atoms with E-state index < -0.39 is 0 Å². The molecule has 0 unspecified atom stereocenters. The minimum atomic E-state index is -0.238. The summed E-state index contributed by atoms with van der Waals surface area (Å²) in [6.07, 6.45) is 0.686. The van der Waals surface area contributed by atoms with Crippen LogP contribution in [0.25, 0.3) is 0 Å². The molecule has 0 heterocycles. The van der Waals surface area contributed by atoms with Crippen molar-refractivity contribution < 1.29 is 9.18 Å². The monoisotopic (exact) mass is 243 g/mol. The van der Waals surface area contributed by atoms with Crippen LogP contribution >= 0.6 is 0 Å². The average molecular weight is 243 g/mol. The molecule has 0 spiro atoms. The molecule has 1 N–H and O–H groups in total. The van der Waals surface area contributed by atoms with Gasteiger partial charge >= 0.3 is 0 Å². The molecular formula is C15H14FNO. The van der Waals surface area contributed by atoms with E-state index >= 15 is 0 Å². The van der Waals surface area contributed by atoms with E-state index in [0.717, 1.165) is 11.1 Å². The molecule has 0 fully saturated rings. The number of hydrogen-bond donors (Lipinski definition) is 1. The van der Waals surface area contributed by atoms with Crippen molar-refractivity contribution in [3.05, 3.63) is 71.0 Å². The van der Waals surface area contributed by atoms with E-state index in [0.29, 0.717) is 12.0 Å². The predicted molar refractivity (Wildman–Crippen MR) is 69.0 cm³/mol. The van der Waals surface area contributed by atoms with E-state index in [4.69, 9.17) is 0 Å². The van der Waals surface area contributed by atoms with Gasteiger partial charge in [0.05, 0.1) is 0 Å². The van der Waals surface area contributed by atoms with Crippen molar-refractivity contribution in [2.45, 2.75) is 6.42 Å². The van der Waals surface area contributed by atoms with Crippen LogP contribution in [0.4, 0.5) is 4.39 Å². The molecule has 92 valence electrons. The van der Waals surface area contributed by atoms with E-state index in [9.17, 15) is 9.18 Å². The first-order valence-corrected chi connectivity index (χ1v) is 5.74. The highest BCUT2D eigenvalue weighted by molar-refractivity contribution is 5.94. The summed E-state index contributed by atoms with van der Waals surface area (Å²) >= 11 is 0. The molecule has 0 aliphatic carbocycles. The second-order valence-electron chi connectivity index (χ2n) is 4.08. The minimum Gasteiger partial charge on any atom is -0.355 e. The first-order chi connectivity index (χ1) is 8.69. The molecule has 0 aliphatic heterocycles. The summed E-state index contributed by atoms with van der Waals surface area (Å²) in [5.41, 5.74) is 2.69. The van der Waals surface area contributed by atoms with Gasteiger partial charge in [0.15, 0.2) is 0 Å². The Kier molecular flexibility index (Phi) is 3.72. The molecule has 2 aromatic carbocycles. The molecule has 2 rings (SSSR count). The normalized spacial score (nSPS) is 10.1. The van der Waals surface area contributed by atoms with Crippen molar-refractivity contribution in [3.63, 3.8) is 0 Å². The number of hydrogen-bond acceptors (Lipinski definition) is 1. The van der Waals surface area contributed by atoms with Crippen LogP contribution < -0.4 is 5.32 Å². The Balaban J connectivity index is 2.19. The van der Waals surface area contributed by atoms with Crippen LogP contribution in [-0.2, 0) is 6.42 Å². The Morgan fingerprint density at radius 3 is 2.50 bits per heavy atom. The molecule has 0 radical (unpaired) electrons. The standard InChI is InChI=1S/C15H14FNO/c1-17-15(18)13-4-2-3-12(10-13)9-11-5-7-14(16)8-6-11/h2-8,10H,9H2,1H3,(H,17,18). The fourth-order valence-electron chi connectivity index (χ4n) is 1.80. The highest BCUT2D eigenvalue weighted by Crippen LogP contribution is 2.12. The van der Waals surface area contributed by atoms with Crippen LogP contribution in [0.1, 0.15) is 21.5 Å². The lowest BCUT2D eigenvalue weighted by atomic mass is 10.0. The Labute approximate surface area is 105 Å². The van der Waals surface area contributed by atoms with Crippen molar-refractivity contribution in [1.82, 2.24) is 5.32 Å². The van der Waals surface area contributed by atoms with Gasteiger partial charge in [0.25, 0.3) is 5.91 Å². The molecule has 0 atom stereocenters. The zero-order valence-corrected chi connectivity index (χ0v) is 10.1. The number of halogens is 1. The summed E-state index contributed by atoms with van der Waals surface area (Å²) in [5, 5.41) is 2.59. The van der Waals surface area contributed by atoms with E-state index in [1.807, 2.05) is 18.2 Å². The van der Waals surface area contributed by atoms with Crippen LogP contribution in [0.15, 0.2) is 48.5 Å². The summed E-state index contributed by atoms with van der Waals surface area (Å²) in [6, 6.07) is 13.8. The number of amides is 1. The molecule has 0 aliphatic rings. The summed E-state index contributed by atoms with van der Waals surface area (Å²) in [5.74, 6) is -0.339. The first-order valence-electron chi connectivity index (χ1n) is 5.74. The molecule has 0 saturated heterocycles. The highest BCUT2D eigenvalue weighted by atomic mass is 19.1. The molecule has 3 heteroatoms. The van der Waals surface area contributed by atoms with Crippen LogP contribution in [0, 0.1) is 5.82 Å². The smallest absolute Gasteiger partial charge is 0.251 e. The number of carbonyl (C=O) groups is 1. The quantitative estimate of drug-likeness (QED) is 0.882. The van der Waals surface area contributed by atoms with Crippen LogP contribution in [0.3, 0.4) is 0 Å². The van der Waals surface area contributed by atoms with Crippen molar-refractivity contribution in [1.29, 1.82) is 0 Å². The maximum Gasteiger partial charge on any atom is 0.251 e. The zero-order valence-electron chi connectivity index (χ0n) is 10.1. The Morgan fingerprint density at radius 1 is 1.11 bits per heavy atom. The Morgan fingerprint density at radius 2 is 1.83 bits per heavy atom. The number of nitrogens with one attached hydrogen (secondary N) is 1. The van der Waals surface area contributed by atoms with Crippen LogP contribution in [0.2, 0.25) is 0 Å². The maximum atomic E-state index is 12.8. The first kappa shape index (κ1) is 12.3. The van der Waals surface area contributed by atoms with Crippen molar-refractivity contribution in [2.24, 2.45) is 0 Å². The Hall–Kier alpha value is -2.16. The lowest BCUT2D eigenvalue weighted by molar-refractivity contribution is 0.0963. The van der Waals surface area contributed by atoms with Crippen LogP contribution in [0.5, 0.6) is 0 Å². The molecular weight excluding hydrogens is 229 g/mol. The molecule has 2 aromatic rings. The van der Waals surface area contributed by atoms with E-state index in [2.05, 4.69) is 5.32 Å². The van der Waals surface area contributed by atoms with E-state index in [1.54, 1.807) is 25.2 Å². The van der Waals surface area contributed by atoms with Gasteiger partial charge in [-0.15, -0.1) is 0 Å². The van der Waals surface area contributed by atoms with Crippen molar-refractivity contribution in [3.8, 4) is 0 Å². The maximum absolute atomic E-state index is 12.8. The fraction of sp³-hybridized carbons (Fsp3) is 0.133. The van der Waals surface area contributed by atoms with Gasteiger partial charge in [-0.05, 0) is 41.8 Å². The molecule has 0 aromatic heterocycles. The second-order valence-corrected chi connectivity index (χ2v) is 4.08. The Bertz CT molecular complexity index is 549. The zero-order chi connectivity index (χ0) is 13.0. The average Bonchev–Trinajstić information content (AvgIpc) is 2.41. The third kappa shape index (κ3) is 2.94. The number of benzene rings is 2. The number of rotatable bonds is 3. The van der Waals surface area contributed by atoms with E-state index in [-0.39, 0.29) is 11.7 Å².